The van der Waals surface area contributed by atoms with Crippen LogP contribution in [0.1, 0.15) is 17.5 Å². The van der Waals surface area contributed by atoms with E-state index in [9.17, 15) is 9.35 Å². The van der Waals surface area contributed by atoms with E-state index in [1.807, 2.05) is 44.1 Å². The van der Waals surface area contributed by atoms with Crippen molar-refractivity contribution in [1.29, 1.82) is 0 Å². The van der Waals surface area contributed by atoms with Crippen molar-refractivity contribution < 1.29 is 18.5 Å². The van der Waals surface area contributed by atoms with Crippen LogP contribution in [0, 0.1) is 0 Å². The fourth-order valence-corrected chi connectivity index (χ4v) is 3.68. The molecule has 1 atom stereocenters. The van der Waals surface area contributed by atoms with Crippen molar-refractivity contribution in [1.82, 2.24) is 4.31 Å². The van der Waals surface area contributed by atoms with E-state index in [0.717, 1.165) is 15.4 Å². The first-order chi connectivity index (χ1) is 12.9. The third-order valence-electron chi connectivity index (χ3n) is 4.10. The predicted octanol–water partition coefficient (Wildman–Crippen LogP) is 3.69. The summed E-state index contributed by atoms with van der Waals surface area (Å²) in [5.41, 5.74) is 1.58. The third-order valence-corrected chi connectivity index (χ3v) is 5.48. The number of nitrogens with zero attached hydrogens (tertiary/aromatic N) is 2. The summed E-state index contributed by atoms with van der Waals surface area (Å²) in [4.78, 5) is 15.2. The lowest BCUT2D eigenvalue weighted by atomic mass is 10.2. The number of para-hydroxylation sites is 1. The van der Waals surface area contributed by atoms with E-state index in [4.69, 9.17) is 9.15 Å². The van der Waals surface area contributed by atoms with Crippen LogP contribution in [-0.2, 0) is 11.4 Å². The van der Waals surface area contributed by atoms with Crippen LogP contribution in [0.2, 0.25) is 0 Å². The highest BCUT2D eigenvalue weighted by Gasteiger charge is 2.30. The van der Waals surface area contributed by atoms with Crippen molar-refractivity contribution in [2.45, 2.75) is 11.8 Å². The van der Waals surface area contributed by atoms with Gasteiger partial charge in [0, 0.05) is 31.2 Å². The molecule has 27 heavy (non-hydrogen) atoms. The van der Waals surface area contributed by atoms with Gasteiger partial charge >= 0.3 is 5.91 Å². The Bertz CT molecular complexity index is 954. The molecule has 0 aliphatic carbocycles. The third kappa shape index (κ3) is 3.89. The van der Waals surface area contributed by atoms with Gasteiger partial charge < -0.3 is 18.6 Å². The lowest BCUT2D eigenvalue weighted by molar-refractivity contribution is 0.0855. The van der Waals surface area contributed by atoms with Gasteiger partial charge in [-0.05, 0) is 37.3 Å². The van der Waals surface area contributed by atoms with Crippen LogP contribution >= 0.6 is 0 Å². The first-order valence-corrected chi connectivity index (χ1v) is 9.65. The van der Waals surface area contributed by atoms with E-state index in [1.165, 1.54) is 7.05 Å². The minimum absolute atomic E-state index is 0.144. The maximum absolute atomic E-state index is 12.9. The Morgan fingerprint density at radius 1 is 1.15 bits per heavy atom. The Morgan fingerprint density at radius 3 is 2.59 bits per heavy atom. The molecule has 0 fully saturated rings. The van der Waals surface area contributed by atoms with Gasteiger partial charge in [-0.1, -0.05) is 12.1 Å². The molecule has 0 saturated carbocycles. The Kier molecular flexibility index (Phi) is 5.62. The summed E-state index contributed by atoms with van der Waals surface area (Å²) in [6.45, 7) is 2.30. The molecule has 0 aliphatic rings. The van der Waals surface area contributed by atoms with Gasteiger partial charge in [0.15, 0.2) is 11.5 Å². The first kappa shape index (κ1) is 19.1. The van der Waals surface area contributed by atoms with Gasteiger partial charge in [0.1, 0.15) is 16.9 Å². The minimum atomic E-state index is -1.71. The lowest BCUT2D eigenvalue weighted by Crippen LogP contribution is -2.33. The Labute approximate surface area is 161 Å². The van der Waals surface area contributed by atoms with Crippen LogP contribution in [-0.4, -0.2) is 42.5 Å². The van der Waals surface area contributed by atoms with Crippen LogP contribution in [0.15, 0.2) is 57.8 Å². The molecular formula is C20H22N2O4S. The molecule has 1 unspecified atom stereocenters. The van der Waals surface area contributed by atoms with E-state index in [0.29, 0.717) is 22.8 Å². The van der Waals surface area contributed by atoms with Gasteiger partial charge in [0.05, 0.1) is 13.7 Å². The normalized spacial score (nSPS) is 12.0. The zero-order chi connectivity index (χ0) is 19.6. The van der Waals surface area contributed by atoms with Gasteiger partial charge in [-0.25, -0.2) is 0 Å². The number of amides is 1. The van der Waals surface area contributed by atoms with Crippen molar-refractivity contribution in [3.63, 3.8) is 0 Å². The molecule has 3 rings (SSSR count). The topological polar surface area (TPSA) is 69.0 Å². The molecule has 1 heterocycles. The number of hydrogen-bond donors (Lipinski definition) is 0. The maximum Gasteiger partial charge on any atom is 0.330 e. The summed E-state index contributed by atoms with van der Waals surface area (Å²) in [5, 5.41) is 0.817. The fraction of sp³-hybridized carbons (Fsp3) is 0.250. The van der Waals surface area contributed by atoms with Gasteiger partial charge in [0.25, 0.3) is 0 Å². The summed E-state index contributed by atoms with van der Waals surface area (Å²) in [6, 6.07) is 14.4. The van der Waals surface area contributed by atoms with Gasteiger partial charge in [-0.2, -0.15) is 4.31 Å². The van der Waals surface area contributed by atoms with E-state index in [-0.39, 0.29) is 5.76 Å². The Hall–Kier alpha value is -2.64. The molecule has 142 valence electrons. The van der Waals surface area contributed by atoms with Crippen LogP contribution in [0.3, 0.4) is 0 Å². The highest BCUT2D eigenvalue weighted by Crippen LogP contribution is 2.29. The Morgan fingerprint density at radius 2 is 1.89 bits per heavy atom. The average Bonchev–Trinajstić information content (AvgIpc) is 3.10. The van der Waals surface area contributed by atoms with E-state index < -0.39 is 17.3 Å². The minimum Gasteiger partial charge on any atom is -0.588 e. The smallest absolute Gasteiger partial charge is 0.330 e. The number of fused-ring (bicyclic) bond motifs is 1. The number of carbonyl (C=O) groups is 1. The molecule has 0 saturated heterocycles. The predicted molar refractivity (Wildman–Crippen MR) is 107 cm³/mol. The van der Waals surface area contributed by atoms with Crippen LogP contribution < -0.4 is 9.64 Å². The molecule has 3 aromatic rings. The molecule has 0 spiro atoms. The molecule has 7 heteroatoms. The molecule has 1 aromatic heterocycles. The lowest BCUT2D eigenvalue weighted by Gasteiger charge is -2.20. The Balaban J connectivity index is 1.87. The monoisotopic (exact) mass is 386 g/mol. The van der Waals surface area contributed by atoms with Crippen LogP contribution in [0.4, 0.5) is 5.69 Å². The maximum atomic E-state index is 12.9. The van der Waals surface area contributed by atoms with Crippen molar-refractivity contribution in [3.8, 4) is 5.75 Å². The van der Waals surface area contributed by atoms with Crippen LogP contribution in [0.25, 0.3) is 11.0 Å². The average molecular weight is 386 g/mol. The fourth-order valence-electron chi connectivity index (χ4n) is 2.65. The van der Waals surface area contributed by atoms with Gasteiger partial charge in [-0.15, -0.1) is 0 Å². The van der Waals surface area contributed by atoms with Crippen molar-refractivity contribution in [2.75, 3.05) is 32.6 Å². The number of ether oxygens (including phenoxy) is 1. The zero-order valence-corrected chi connectivity index (χ0v) is 16.6. The molecule has 1 amide bonds. The second kappa shape index (κ2) is 7.94. The second-order valence-electron chi connectivity index (χ2n) is 6.16. The molecule has 2 aromatic carbocycles. The quantitative estimate of drug-likeness (QED) is 0.604. The van der Waals surface area contributed by atoms with Gasteiger partial charge in [-0.3, -0.25) is 4.79 Å². The summed E-state index contributed by atoms with van der Waals surface area (Å²) >= 11 is -1.71. The van der Waals surface area contributed by atoms with E-state index >= 15 is 0 Å². The number of rotatable bonds is 6. The molecule has 0 radical (unpaired) electrons. The SMILES string of the molecule is CCOc1ccccc1[S+]([O-])N(C)C(=O)c1cc2ccc(N(C)C)cc2o1. The molecule has 6 nitrogen and oxygen atoms in total. The zero-order valence-electron chi connectivity index (χ0n) is 15.8. The second-order valence-corrected chi connectivity index (χ2v) is 7.64. The highest BCUT2D eigenvalue weighted by atomic mass is 32.2. The molecule has 0 bridgehead atoms. The van der Waals surface area contributed by atoms with E-state index in [2.05, 4.69) is 0 Å². The van der Waals surface area contributed by atoms with Crippen molar-refractivity contribution in [3.05, 3.63) is 54.3 Å². The standard InChI is InChI=1S/C20H22N2O4S/c1-5-25-16-8-6-7-9-19(16)27(24)22(4)20(23)18-12-14-10-11-15(21(2)3)13-17(14)26-18/h6-13H,5H2,1-4H3. The summed E-state index contributed by atoms with van der Waals surface area (Å²) in [7, 11) is 5.35. The number of benzene rings is 2. The summed E-state index contributed by atoms with van der Waals surface area (Å²) in [5.74, 6) is 0.186. The molecule has 0 aliphatic heterocycles. The number of carbonyl (C=O) groups excluding carboxylic acids is 1. The number of furan rings is 1. The largest absolute Gasteiger partial charge is 0.588 e. The molecule has 0 N–H and O–H groups in total. The van der Waals surface area contributed by atoms with Crippen LogP contribution in [0.5, 0.6) is 5.75 Å². The number of anilines is 1. The summed E-state index contributed by atoms with van der Waals surface area (Å²) in [6.07, 6.45) is 0. The van der Waals surface area contributed by atoms with Gasteiger partial charge in [0.2, 0.25) is 4.90 Å². The highest BCUT2D eigenvalue weighted by molar-refractivity contribution is 7.89. The molecular weight excluding hydrogens is 364 g/mol. The van der Waals surface area contributed by atoms with Crippen molar-refractivity contribution >= 4 is 33.9 Å². The van der Waals surface area contributed by atoms with Crippen molar-refractivity contribution in [2.24, 2.45) is 0 Å². The number of hydrogen-bond acceptors (Lipinski definition) is 5. The van der Waals surface area contributed by atoms with E-state index in [1.54, 1.807) is 30.3 Å². The first-order valence-electron chi connectivity index (χ1n) is 8.55. The summed E-state index contributed by atoms with van der Waals surface area (Å²) < 4.78 is 25.3.